The van der Waals surface area contributed by atoms with E-state index in [0.717, 1.165) is 0 Å². The highest BCUT2D eigenvalue weighted by Gasteiger charge is 2.43. The molecule has 0 bridgehead atoms. The summed E-state index contributed by atoms with van der Waals surface area (Å²) in [5, 5.41) is 32.3. The van der Waals surface area contributed by atoms with Gasteiger partial charge in [-0.05, 0) is 29.3 Å². The van der Waals surface area contributed by atoms with Crippen LogP contribution in [-0.2, 0) is 0 Å². The van der Waals surface area contributed by atoms with Crippen LogP contribution in [0.3, 0.4) is 0 Å². The summed E-state index contributed by atoms with van der Waals surface area (Å²) < 4.78 is 10.5. The number of ether oxygens (including phenoxy) is 2. The zero-order chi connectivity index (χ0) is 14.7. The molecule has 2 aliphatic heterocycles. The molecule has 4 rings (SSSR count). The number of hydrogen-bond acceptors (Lipinski definition) is 6. The number of aliphatic hydroxyl groups is 3. The zero-order valence-corrected chi connectivity index (χ0v) is 10.8. The van der Waals surface area contributed by atoms with Crippen molar-refractivity contribution in [2.24, 2.45) is 0 Å². The highest BCUT2D eigenvalue weighted by Crippen LogP contribution is 2.41. The quantitative estimate of drug-likeness (QED) is 0.489. The summed E-state index contributed by atoms with van der Waals surface area (Å²) in [5.41, 5.74) is 1.52. The first-order valence-electron chi connectivity index (χ1n) is 6.57. The number of fused-ring (bicyclic) bond motifs is 4. The number of carbonyl (C=O) groups is 1. The Morgan fingerprint density at radius 1 is 1.05 bits per heavy atom. The second kappa shape index (κ2) is 4.20. The molecular formula is C14H13NO6. The van der Waals surface area contributed by atoms with Crippen LogP contribution >= 0.6 is 0 Å². The Balaban J connectivity index is 1.90. The molecule has 0 fully saturated rings. The van der Waals surface area contributed by atoms with Crippen molar-refractivity contribution >= 4 is 11.5 Å². The average Bonchev–Trinajstić information content (AvgIpc) is 2.92. The lowest BCUT2D eigenvalue weighted by atomic mass is 9.79. The normalized spacial score (nSPS) is 32.9. The van der Waals surface area contributed by atoms with Gasteiger partial charge in [0.05, 0.1) is 11.6 Å². The summed E-state index contributed by atoms with van der Waals surface area (Å²) in [4.78, 5) is 12.2. The molecular weight excluding hydrogens is 278 g/mol. The highest BCUT2D eigenvalue weighted by molar-refractivity contribution is 6.05. The minimum Gasteiger partial charge on any atom is -0.454 e. The monoisotopic (exact) mass is 291 g/mol. The summed E-state index contributed by atoms with van der Waals surface area (Å²) in [6, 6.07) is 2.48. The summed E-state index contributed by atoms with van der Waals surface area (Å²) in [5.74, 6) is 0.631. The largest absolute Gasteiger partial charge is 0.454 e. The molecule has 0 spiro atoms. The molecule has 1 amide bonds. The number of hydrogen-bond donors (Lipinski definition) is 4. The fraction of sp³-hybridized carbons (Fsp3) is 0.357. The SMILES string of the molecule is O=C1N[C@H]2C(=C[C@@H](O)[C@@H](O)[C@@H]2O)c2cc3c(cc21)OCO3. The molecule has 110 valence electrons. The molecule has 0 unspecified atom stereocenters. The fourth-order valence-electron chi connectivity index (χ4n) is 2.98. The first-order valence-corrected chi connectivity index (χ1v) is 6.57. The van der Waals surface area contributed by atoms with Crippen LogP contribution in [0.15, 0.2) is 18.2 Å². The van der Waals surface area contributed by atoms with Crippen molar-refractivity contribution in [3.63, 3.8) is 0 Å². The molecule has 0 aromatic heterocycles. The highest BCUT2D eigenvalue weighted by atomic mass is 16.7. The zero-order valence-electron chi connectivity index (χ0n) is 10.8. The van der Waals surface area contributed by atoms with Crippen LogP contribution in [0.4, 0.5) is 0 Å². The molecule has 4 N–H and O–H groups in total. The molecule has 0 saturated heterocycles. The molecule has 3 aliphatic rings. The van der Waals surface area contributed by atoms with E-state index in [-0.39, 0.29) is 12.7 Å². The number of amides is 1. The molecule has 7 heteroatoms. The van der Waals surface area contributed by atoms with Crippen molar-refractivity contribution in [2.45, 2.75) is 24.4 Å². The van der Waals surface area contributed by atoms with Gasteiger partial charge in [-0.15, -0.1) is 0 Å². The van der Waals surface area contributed by atoms with Crippen LogP contribution in [0.25, 0.3) is 5.57 Å². The molecule has 0 saturated carbocycles. The summed E-state index contributed by atoms with van der Waals surface area (Å²) in [6.07, 6.45) is -2.36. The third-order valence-corrected chi connectivity index (χ3v) is 4.08. The first kappa shape index (κ1) is 12.6. The predicted molar refractivity (Wildman–Crippen MR) is 69.8 cm³/mol. The first-order chi connectivity index (χ1) is 10.1. The molecule has 2 heterocycles. The maximum Gasteiger partial charge on any atom is 0.252 e. The van der Waals surface area contributed by atoms with Crippen LogP contribution in [0, 0.1) is 0 Å². The molecule has 21 heavy (non-hydrogen) atoms. The van der Waals surface area contributed by atoms with Gasteiger partial charge >= 0.3 is 0 Å². The number of aliphatic hydroxyl groups excluding tert-OH is 3. The van der Waals surface area contributed by atoms with Gasteiger partial charge in [-0.25, -0.2) is 0 Å². The van der Waals surface area contributed by atoms with Gasteiger partial charge in [0.2, 0.25) is 6.79 Å². The van der Waals surface area contributed by atoms with E-state index in [9.17, 15) is 20.1 Å². The van der Waals surface area contributed by atoms with Gasteiger partial charge in [-0.2, -0.15) is 0 Å². The molecule has 1 aromatic rings. The van der Waals surface area contributed by atoms with Crippen molar-refractivity contribution in [2.75, 3.05) is 6.79 Å². The second-order valence-electron chi connectivity index (χ2n) is 5.30. The molecule has 1 aliphatic carbocycles. The smallest absolute Gasteiger partial charge is 0.252 e. The third-order valence-electron chi connectivity index (χ3n) is 4.08. The van der Waals surface area contributed by atoms with Gasteiger partial charge in [-0.3, -0.25) is 4.79 Å². The van der Waals surface area contributed by atoms with Crippen molar-refractivity contribution < 1.29 is 29.6 Å². The van der Waals surface area contributed by atoms with E-state index in [4.69, 9.17) is 9.47 Å². The molecule has 1 aromatic carbocycles. The number of benzene rings is 1. The Morgan fingerprint density at radius 3 is 2.43 bits per heavy atom. The van der Waals surface area contributed by atoms with Crippen molar-refractivity contribution in [1.82, 2.24) is 5.32 Å². The van der Waals surface area contributed by atoms with Crippen LogP contribution in [-0.4, -0.2) is 52.4 Å². The maximum atomic E-state index is 12.2. The van der Waals surface area contributed by atoms with Crippen molar-refractivity contribution in [3.8, 4) is 11.5 Å². The van der Waals surface area contributed by atoms with E-state index in [1.54, 1.807) is 12.1 Å². The lowest BCUT2D eigenvalue weighted by molar-refractivity contribution is -0.0534. The Hall–Kier alpha value is -2.09. The van der Waals surface area contributed by atoms with Gasteiger partial charge in [0.1, 0.15) is 18.3 Å². The number of rotatable bonds is 0. The van der Waals surface area contributed by atoms with Crippen LogP contribution in [0.2, 0.25) is 0 Å². The maximum absolute atomic E-state index is 12.2. The summed E-state index contributed by atoms with van der Waals surface area (Å²) >= 11 is 0. The Labute approximate surface area is 119 Å². The topological polar surface area (TPSA) is 108 Å². The third kappa shape index (κ3) is 1.68. The standard InChI is InChI=1S/C14H13NO6/c16-8-1-6-5-2-9-10(21-4-20-9)3-7(5)14(19)15-11(6)13(18)12(8)17/h1-3,8,11-13,16-18H,4H2,(H,15,19)/t8-,11+,12-,13-/m1/s1. The Morgan fingerprint density at radius 2 is 1.71 bits per heavy atom. The van der Waals surface area contributed by atoms with Crippen LogP contribution < -0.4 is 14.8 Å². The van der Waals surface area contributed by atoms with E-state index in [1.807, 2.05) is 0 Å². The lowest BCUT2D eigenvalue weighted by Gasteiger charge is -2.39. The van der Waals surface area contributed by atoms with E-state index in [2.05, 4.69) is 5.32 Å². The van der Waals surface area contributed by atoms with Gasteiger partial charge in [-0.1, -0.05) is 0 Å². The van der Waals surface area contributed by atoms with E-state index in [1.165, 1.54) is 6.08 Å². The summed E-state index contributed by atoms with van der Waals surface area (Å²) in [7, 11) is 0. The Bertz CT molecular complexity index is 670. The molecule has 7 nitrogen and oxygen atoms in total. The summed E-state index contributed by atoms with van der Waals surface area (Å²) in [6.45, 7) is 0.0896. The fourth-order valence-corrected chi connectivity index (χ4v) is 2.98. The minimum atomic E-state index is -1.34. The van der Waals surface area contributed by atoms with E-state index < -0.39 is 24.4 Å². The van der Waals surface area contributed by atoms with E-state index in [0.29, 0.717) is 28.2 Å². The van der Waals surface area contributed by atoms with Crippen LogP contribution in [0.5, 0.6) is 11.5 Å². The van der Waals surface area contributed by atoms with Crippen molar-refractivity contribution in [1.29, 1.82) is 0 Å². The minimum absolute atomic E-state index is 0.0896. The number of carbonyl (C=O) groups excluding carboxylic acids is 1. The average molecular weight is 291 g/mol. The molecule has 4 atom stereocenters. The van der Waals surface area contributed by atoms with Gasteiger partial charge in [0.15, 0.2) is 11.5 Å². The molecule has 0 radical (unpaired) electrons. The van der Waals surface area contributed by atoms with Crippen LogP contribution in [0.1, 0.15) is 15.9 Å². The lowest BCUT2D eigenvalue weighted by Crippen LogP contribution is -2.57. The van der Waals surface area contributed by atoms with Gasteiger partial charge in [0.25, 0.3) is 5.91 Å². The van der Waals surface area contributed by atoms with E-state index >= 15 is 0 Å². The second-order valence-corrected chi connectivity index (χ2v) is 5.30. The Kier molecular flexibility index (Phi) is 2.53. The number of nitrogens with one attached hydrogen (secondary N) is 1. The predicted octanol–water partition coefficient (Wildman–Crippen LogP) is -0.993. The van der Waals surface area contributed by atoms with Crippen molar-refractivity contribution in [3.05, 3.63) is 29.3 Å². The van der Waals surface area contributed by atoms with Gasteiger partial charge in [0, 0.05) is 0 Å². The van der Waals surface area contributed by atoms with Gasteiger partial charge < -0.3 is 30.1 Å².